The van der Waals surface area contributed by atoms with Crippen LogP contribution in [0, 0.1) is 23.2 Å². The molecule has 156 valence electrons. The van der Waals surface area contributed by atoms with E-state index >= 15 is 0 Å². The van der Waals surface area contributed by atoms with E-state index in [0.29, 0.717) is 25.4 Å². The van der Waals surface area contributed by atoms with Crippen molar-refractivity contribution in [3.8, 4) is 0 Å². The molecule has 4 bridgehead atoms. The summed E-state index contributed by atoms with van der Waals surface area (Å²) >= 11 is 0. The number of nitrogens with one attached hydrogen (secondary N) is 1. The number of likely N-dealkylation sites (tertiary alicyclic amines) is 1. The molecule has 5 aliphatic rings. The van der Waals surface area contributed by atoms with Crippen molar-refractivity contribution in [3.05, 3.63) is 0 Å². The minimum atomic E-state index is -0.451. The van der Waals surface area contributed by atoms with Gasteiger partial charge in [0.05, 0.1) is 17.6 Å². The highest BCUT2D eigenvalue weighted by molar-refractivity contribution is 5.81. The molecule has 0 aromatic carbocycles. The number of nitrogens with zero attached hydrogens (tertiary/aromatic N) is 1. The summed E-state index contributed by atoms with van der Waals surface area (Å²) in [7, 11) is 0. The molecule has 8 nitrogen and oxygen atoms in total. The lowest BCUT2D eigenvalue weighted by molar-refractivity contribution is -0.161. The molecule has 1 heterocycles. The first-order chi connectivity index (χ1) is 13.3. The third-order valence-electron chi connectivity index (χ3n) is 7.06. The van der Waals surface area contributed by atoms with Crippen LogP contribution in [0.4, 0.5) is 9.59 Å². The molecule has 0 radical (unpaired) electrons. The molecule has 8 heteroatoms. The molecular weight excluding hydrogens is 362 g/mol. The van der Waals surface area contributed by atoms with E-state index in [4.69, 9.17) is 15.2 Å². The summed E-state index contributed by atoms with van der Waals surface area (Å²) in [5.74, 6) is 0.825. The number of nitrogens with two attached hydrogens (primary N) is 1. The second-order valence-corrected chi connectivity index (χ2v) is 9.49. The summed E-state index contributed by atoms with van der Waals surface area (Å²) in [5.41, 5.74) is 5.35. The number of amides is 3. The number of hydrogen-bond acceptors (Lipinski definition) is 5. The molecule has 5 fully saturated rings. The fourth-order valence-electron chi connectivity index (χ4n) is 6.12. The quantitative estimate of drug-likeness (QED) is 0.759. The Labute approximate surface area is 165 Å². The molecule has 1 unspecified atom stereocenters. The number of rotatable bonds is 4. The third kappa shape index (κ3) is 3.53. The first-order valence-corrected chi connectivity index (χ1v) is 10.5. The lowest BCUT2D eigenvalue weighted by Gasteiger charge is -2.58. The number of alkyl carbamates (subject to hydrolysis) is 1. The van der Waals surface area contributed by atoms with Gasteiger partial charge in [0.1, 0.15) is 6.10 Å². The molecule has 4 saturated carbocycles. The van der Waals surface area contributed by atoms with Crippen LogP contribution in [0.25, 0.3) is 0 Å². The molecule has 3 N–H and O–H groups in total. The van der Waals surface area contributed by atoms with Crippen LogP contribution in [0.2, 0.25) is 0 Å². The average Bonchev–Trinajstić information content (AvgIpc) is 3.05. The molecule has 3 amide bonds. The molecule has 1 aliphatic heterocycles. The summed E-state index contributed by atoms with van der Waals surface area (Å²) < 4.78 is 11.0. The zero-order valence-electron chi connectivity index (χ0n) is 16.7. The lowest BCUT2D eigenvalue weighted by Crippen LogP contribution is -2.59. The summed E-state index contributed by atoms with van der Waals surface area (Å²) in [6.07, 6.45) is 4.08. The van der Waals surface area contributed by atoms with E-state index in [1.165, 1.54) is 0 Å². The standard InChI is InChI=1S/C20H31N3O5/c1-11(2)27-18(25)22-15-3-4-23(10-15)19(26)28-16-13-5-12-6-14(16)9-20(7-12,8-13)17(21)24/h11-16H,3-10H2,1-2H3,(H2,21,24)(H,22,25)/t12?,13-,14-,15?,16?,20?/m1/s1. The fourth-order valence-corrected chi connectivity index (χ4v) is 6.12. The van der Waals surface area contributed by atoms with E-state index < -0.39 is 6.09 Å². The predicted octanol–water partition coefficient (Wildman–Crippen LogP) is 2.01. The fraction of sp³-hybridized carbons (Fsp3) is 0.850. The highest BCUT2D eigenvalue weighted by atomic mass is 16.6. The molecule has 0 aromatic heterocycles. The number of hydrogen-bond donors (Lipinski definition) is 2. The van der Waals surface area contributed by atoms with Crippen LogP contribution in [0.3, 0.4) is 0 Å². The maximum absolute atomic E-state index is 12.7. The van der Waals surface area contributed by atoms with Crippen molar-refractivity contribution < 1.29 is 23.9 Å². The Morgan fingerprint density at radius 2 is 1.82 bits per heavy atom. The number of primary amides is 1. The Balaban J connectivity index is 1.32. The summed E-state index contributed by atoms with van der Waals surface area (Å²) in [4.78, 5) is 38.2. The first-order valence-electron chi connectivity index (χ1n) is 10.5. The van der Waals surface area contributed by atoms with Gasteiger partial charge in [0, 0.05) is 13.1 Å². The maximum Gasteiger partial charge on any atom is 0.410 e. The van der Waals surface area contributed by atoms with Crippen LogP contribution in [-0.4, -0.2) is 54.3 Å². The van der Waals surface area contributed by atoms with Gasteiger partial charge in [-0.1, -0.05) is 0 Å². The van der Waals surface area contributed by atoms with Crippen LogP contribution >= 0.6 is 0 Å². The Hall–Kier alpha value is -1.99. The van der Waals surface area contributed by atoms with E-state index in [9.17, 15) is 14.4 Å². The van der Waals surface area contributed by atoms with Crippen molar-refractivity contribution in [1.82, 2.24) is 10.2 Å². The Morgan fingerprint density at radius 1 is 1.14 bits per heavy atom. The largest absolute Gasteiger partial charge is 0.447 e. The van der Waals surface area contributed by atoms with Gasteiger partial charge >= 0.3 is 12.2 Å². The molecule has 3 atom stereocenters. The molecule has 0 aromatic rings. The monoisotopic (exact) mass is 393 g/mol. The van der Waals surface area contributed by atoms with Crippen LogP contribution in [0.15, 0.2) is 0 Å². The van der Waals surface area contributed by atoms with Crippen molar-refractivity contribution in [2.75, 3.05) is 13.1 Å². The molecule has 5 rings (SSSR count). The average molecular weight is 393 g/mol. The van der Waals surface area contributed by atoms with Crippen molar-refractivity contribution in [2.24, 2.45) is 28.9 Å². The van der Waals surface area contributed by atoms with Gasteiger partial charge in [-0.15, -0.1) is 0 Å². The number of ether oxygens (including phenoxy) is 2. The van der Waals surface area contributed by atoms with Crippen LogP contribution in [-0.2, 0) is 14.3 Å². The minimum Gasteiger partial charge on any atom is -0.447 e. The molecule has 0 spiro atoms. The van der Waals surface area contributed by atoms with E-state index in [1.807, 2.05) is 0 Å². The van der Waals surface area contributed by atoms with Gasteiger partial charge in [-0.05, 0) is 70.1 Å². The smallest absolute Gasteiger partial charge is 0.410 e. The SMILES string of the molecule is CC(C)OC(=O)NC1CCN(C(=O)OC2[C@@H]3CC4C[C@@H]2CC(C(N)=O)(C4)C3)C1. The van der Waals surface area contributed by atoms with Gasteiger partial charge in [0.2, 0.25) is 5.91 Å². The normalized spacial score (nSPS) is 38.5. The van der Waals surface area contributed by atoms with Gasteiger partial charge in [0.25, 0.3) is 0 Å². The highest BCUT2D eigenvalue weighted by Gasteiger charge is 2.59. The topological polar surface area (TPSA) is 111 Å². The van der Waals surface area contributed by atoms with Crippen molar-refractivity contribution in [2.45, 2.75) is 70.6 Å². The summed E-state index contributed by atoms with van der Waals surface area (Å²) in [5, 5.41) is 2.81. The zero-order chi connectivity index (χ0) is 20.1. The molecule has 4 aliphatic carbocycles. The van der Waals surface area contributed by atoms with Gasteiger partial charge in [0.15, 0.2) is 0 Å². The van der Waals surface area contributed by atoms with Crippen molar-refractivity contribution >= 4 is 18.1 Å². The summed E-state index contributed by atoms with van der Waals surface area (Å²) in [6.45, 7) is 4.58. The Kier molecular flexibility index (Phi) is 4.91. The summed E-state index contributed by atoms with van der Waals surface area (Å²) in [6, 6.07) is -0.115. The molecule has 28 heavy (non-hydrogen) atoms. The van der Waals surface area contributed by atoms with E-state index in [1.54, 1.807) is 18.7 Å². The predicted molar refractivity (Wildman–Crippen MR) is 100 cm³/mol. The molecular formula is C20H31N3O5. The minimum absolute atomic E-state index is 0.115. The Morgan fingerprint density at radius 3 is 2.43 bits per heavy atom. The zero-order valence-corrected chi connectivity index (χ0v) is 16.7. The first kappa shape index (κ1) is 19.3. The second-order valence-electron chi connectivity index (χ2n) is 9.49. The number of carbonyl (C=O) groups is 3. The number of carbonyl (C=O) groups excluding carboxylic acids is 3. The highest BCUT2D eigenvalue weighted by Crippen LogP contribution is 2.60. The Bertz CT molecular complexity index is 650. The van der Waals surface area contributed by atoms with Gasteiger partial charge in [-0.3, -0.25) is 4.79 Å². The van der Waals surface area contributed by atoms with Gasteiger partial charge in [-0.2, -0.15) is 0 Å². The second kappa shape index (κ2) is 7.12. The van der Waals surface area contributed by atoms with E-state index in [2.05, 4.69) is 5.32 Å². The van der Waals surface area contributed by atoms with E-state index in [-0.39, 0.29) is 47.5 Å². The van der Waals surface area contributed by atoms with Gasteiger partial charge < -0.3 is 25.4 Å². The van der Waals surface area contributed by atoms with Crippen LogP contribution < -0.4 is 11.1 Å². The molecule has 1 saturated heterocycles. The van der Waals surface area contributed by atoms with E-state index in [0.717, 1.165) is 32.1 Å². The van der Waals surface area contributed by atoms with Crippen molar-refractivity contribution in [1.29, 1.82) is 0 Å². The van der Waals surface area contributed by atoms with Gasteiger partial charge in [-0.25, -0.2) is 9.59 Å². The van der Waals surface area contributed by atoms with Crippen LogP contribution in [0.5, 0.6) is 0 Å². The van der Waals surface area contributed by atoms with Crippen molar-refractivity contribution in [3.63, 3.8) is 0 Å². The third-order valence-corrected chi connectivity index (χ3v) is 7.06. The lowest BCUT2D eigenvalue weighted by atomic mass is 9.48. The van der Waals surface area contributed by atoms with Crippen LogP contribution in [0.1, 0.15) is 52.4 Å². The maximum atomic E-state index is 12.7.